The molecule has 0 atom stereocenters. The maximum atomic E-state index is 5.38. The Morgan fingerprint density at radius 1 is 1.29 bits per heavy atom. The van der Waals surface area contributed by atoms with E-state index in [9.17, 15) is 0 Å². The minimum atomic E-state index is 0.850. The molecule has 1 heterocycles. The molecule has 0 spiro atoms. The van der Waals surface area contributed by atoms with Crippen LogP contribution in [0.1, 0.15) is 18.9 Å². The van der Waals surface area contributed by atoms with Gasteiger partial charge in [0.1, 0.15) is 0 Å². The van der Waals surface area contributed by atoms with Crippen molar-refractivity contribution in [2.75, 3.05) is 53.0 Å². The Hall–Kier alpha value is -1.11. The lowest BCUT2D eigenvalue weighted by atomic mass is 10.2. The van der Waals surface area contributed by atoms with E-state index in [2.05, 4.69) is 69.3 Å². The van der Waals surface area contributed by atoms with Crippen LogP contribution >= 0.6 is 15.9 Å². The highest BCUT2D eigenvalue weighted by molar-refractivity contribution is 9.10. The van der Waals surface area contributed by atoms with Gasteiger partial charge in [-0.05, 0) is 31.0 Å². The maximum absolute atomic E-state index is 5.38. The van der Waals surface area contributed by atoms with Gasteiger partial charge in [-0.25, -0.2) is 0 Å². The molecule has 0 aliphatic carbocycles. The molecule has 0 unspecified atom stereocenters. The molecule has 1 aliphatic rings. The molecule has 6 heteroatoms. The lowest BCUT2D eigenvalue weighted by Gasteiger charge is -2.26. The molecule has 0 aromatic heterocycles. The molecule has 0 amide bonds. The van der Waals surface area contributed by atoms with Crippen LogP contribution in [0.5, 0.6) is 0 Å². The average Bonchev–Trinajstić information content (AvgIpc) is 2.60. The van der Waals surface area contributed by atoms with Crippen molar-refractivity contribution in [2.45, 2.75) is 19.9 Å². The Kier molecular flexibility index (Phi) is 8.56. The third-order valence-corrected chi connectivity index (χ3v) is 4.56. The van der Waals surface area contributed by atoms with Crippen LogP contribution < -0.4 is 5.32 Å². The normalized spacial score (nSPS) is 16.2. The number of rotatable bonds is 7. The van der Waals surface area contributed by atoms with Gasteiger partial charge in [-0.1, -0.05) is 28.1 Å². The third-order valence-electron chi connectivity index (χ3n) is 4.03. The van der Waals surface area contributed by atoms with Crippen molar-refractivity contribution in [3.63, 3.8) is 0 Å². The van der Waals surface area contributed by atoms with E-state index in [-0.39, 0.29) is 0 Å². The van der Waals surface area contributed by atoms with Gasteiger partial charge in [-0.15, -0.1) is 0 Å². The van der Waals surface area contributed by atoms with Crippen molar-refractivity contribution < 1.29 is 4.74 Å². The van der Waals surface area contributed by atoms with Crippen LogP contribution in [0.4, 0.5) is 0 Å². The van der Waals surface area contributed by atoms with Crippen LogP contribution in [-0.4, -0.2) is 68.7 Å². The van der Waals surface area contributed by atoms with Crippen LogP contribution in [0.25, 0.3) is 0 Å². The summed E-state index contributed by atoms with van der Waals surface area (Å²) in [6.07, 6.45) is 1.08. The highest BCUT2D eigenvalue weighted by Gasteiger charge is 2.10. The third kappa shape index (κ3) is 6.79. The van der Waals surface area contributed by atoms with Gasteiger partial charge in [0, 0.05) is 50.8 Å². The fourth-order valence-electron chi connectivity index (χ4n) is 2.71. The predicted octanol–water partition coefficient (Wildman–Crippen LogP) is 2.57. The number of hydrogen-bond acceptors (Lipinski definition) is 3. The molecular formula is C18H29BrN4O. The maximum Gasteiger partial charge on any atom is 0.193 e. The molecule has 1 aromatic rings. The molecule has 1 aromatic carbocycles. The lowest BCUT2D eigenvalue weighted by Crippen LogP contribution is -2.39. The van der Waals surface area contributed by atoms with Crippen molar-refractivity contribution in [3.05, 3.63) is 34.3 Å². The molecule has 1 fully saturated rings. The minimum absolute atomic E-state index is 0.850. The first-order valence-electron chi connectivity index (χ1n) is 8.73. The van der Waals surface area contributed by atoms with Crippen molar-refractivity contribution in [1.82, 2.24) is 15.1 Å². The van der Waals surface area contributed by atoms with E-state index in [0.717, 1.165) is 69.3 Å². The number of aliphatic imine (C=N–C) groups is 1. The van der Waals surface area contributed by atoms with Crippen molar-refractivity contribution in [2.24, 2.45) is 4.99 Å². The molecule has 1 saturated heterocycles. The van der Waals surface area contributed by atoms with Crippen LogP contribution in [0.3, 0.4) is 0 Å². The van der Waals surface area contributed by atoms with Gasteiger partial charge in [-0.2, -0.15) is 0 Å². The zero-order valence-corrected chi connectivity index (χ0v) is 16.4. The quantitative estimate of drug-likeness (QED) is 0.436. The molecule has 1 N–H and O–H groups in total. The second-order valence-corrected chi connectivity index (χ2v) is 6.94. The van der Waals surface area contributed by atoms with Crippen LogP contribution in [0.15, 0.2) is 33.7 Å². The second kappa shape index (κ2) is 10.7. The number of guanidine groups is 1. The first-order chi connectivity index (χ1) is 11.7. The summed E-state index contributed by atoms with van der Waals surface area (Å²) in [6, 6.07) is 8.44. The number of nitrogens with zero attached hydrogens (tertiary/aromatic N) is 3. The zero-order valence-electron chi connectivity index (χ0n) is 14.8. The van der Waals surface area contributed by atoms with E-state index in [4.69, 9.17) is 9.73 Å². The predicted molar refractivity (Wildman–Crippen MR) is 103 cm³/mol. The molecule has 1 aliphatic heterocycles. The van der Waals surface area contributed by atoms with Crippen molar-refractivity contribution in [1.29, 1.82) is 0 Å². The number of hydrogen-bond donors (Lipinski definition) is 1. The molecule has 0 bridgehead atoms. The summed E-state index contributed by atoms with van der Waals surface area (Å²) in [5, 5.41) is 3.39. The van der Waals surface area contributed by atoms with E-state index < -0.39 is 0 Å². The van der Waals surface area contributed by atoms with Gasteiger partial charge >= 0.3 is 0 Å². The summed E-state index contributed by atoms with van der Waals surface area (Å²) in [5.74, 6) is 0.974. The number of nitrogens with one attached hydrogen (secondary N) is 1. The SMILES string of the molecule is CCNC(=NCCCN1CCOCC1)N(C)Cc1ccc(Br)cc1. The van der Waals surface area contributed by atoms with Gasteiger partial charge in [0.25, 0.3) is 0 Å². The zero-order chi connectivity index (χ0) is 17.2. The Labute approximate surface area is 154 Å². The number of benzene rings is 1. The minimum Gasteiger partial charge on any atom is -0.379 e. The summed E-state index contributed by atoms with van der Waals surface area (Å²) < 4.78 is 6.49. The second-order valence-electron chi connectivity index (χ2n) is 6.03. The molecule has 134 valence electrons. The first kappa shape index (κ1) is 19.2. The Morgan fingerprint density at radius 3 is 2.67 bits per heavy atom. The van der Waals surface area contributed by atoms with Gasteiger partial charge in [0.05, 0.1) is 13.2 Å². The fourth-order valence-corrected chi connectivity index (χ4v) is 2.98. The molecule has 24 heavy (non-hydrogen) atoms. The number of halogens is 1. The summed E-state index contributed by atoms with van der Waals surface area (Å²) in [6.45, 7) is 9.61. The largest absolute Gasteiger partial charge is 0.379 e. The molecule has 2 rings (SSSR count). The van der Waals surface area contributed by atoms with E-state index in [1.165, 1.54) is 5.56 Å². The average molecular weight is 397 g/mol. The van der Waals surface area contributed by atoms with E-state index in [1.54, 1.807) is 0 Å². The van der Waals surface area contributed by atoms with Gasteiger partial charge < -0.3 is 15.0 Å². The smallest absolute Gasteiger partial charge is 0.193 e. The van der Waals surface area contributed by atoms with E-state index >= 15 is 0 Å². The summed E-state index contributed by atoms with van der Waals surface area (Å²) >= 11 is 3.48. The molecular weight excluding hydrogens is 368 g/mol. The van der Waals surface area contributed by atoms with Gasteiger partial charge in [-0.3, -0.25) is 9.89 Å². The summed E-state index contributed by atoms with van der Waals surface area (Å²) in [7, 11) is 2.09. The molecule has 0 saturated carbocycles. The van der Waals surface area contributed by atoms with Gasteiger partial charge in [0.15, 0.2) is 5.96 Å². The lowest BCUT2D eigenvalue weighted by molar-refractivity contribution is 0.0377. The number of ether oxygens (including phenoxy) is 1. The van der Waals surface area contributed by atoms with Crippen LogP contribution in [0.2, 0.25) is 0 Å². The first-order valence-corrected chi connectivity index (χ1v) is 9.52. The van der Waals surface area contributed by atoms with E-state index in [0.29, 0.717) is 0 Å². The van der Waals surface area contributed by atoms with E-state index in [1.807, 2.05) is 0 Å². The van der Waals surface area contributed by atoms with Crippen molar-refractivity contribution >= 4 is 21.9 Å². The summed E-state index contributed by atoms with van der Waals surface area (Å²) in [4.78, 5) is 9.41. The monoisotopic (exact) mass is 396 g/mol. The van der Waals surface area contributed by atoms with Crippen LogP contribution in [-0.2, 0) is 11.3 Å². The number of morpholine rings is 1. The van der Waals surface area contributed by atoms with Crippen LogP contribution in [0, 0.1) is 0 Å². The Bertz CT molecular complexity index is 500. The van der Waals surface area contributed by atoms with Gasteiger partial charge in [0.2, 0.25) is 0 Å². The Balaban J connectivity index is 1.80. The highest BCUT2D eigenvalue weighted by Crippen LogP contribution is 2.11. The molecule has 5 nitrogen and oxygen atoms in total. The fraction of sp³-hybridized carbons (Fsp3) is 0.611. The topological polar surface area (TPSA) is 40.1 Å². The van der Waals surface area contributed by atoms with Crippen molar-refractivity contribution in [3.8, 4) is 0 Å². The summed E-state index contributed by atoms with van der Waals surface area (Å²) in [5.41, 5.74) is 1.28. The standard InChI is InChI=1S/C18H29BrN4O/c1-3-20-18(21-9-4-10-23-11-13-24-14-12-23)22(2)15-16-5-7-17(19)8-6-16/h5-8H,3-4,9-15H2,1-2H3,(H,20,21). The highest BCUT2D eigenvalue weighted by atomic mass is 79.9. The molecule has 0 radical (unpaired) electrons. The Morgan fingerprint density at radius 2 is 2.00 bits per heavy atom.